The molecule has 0 bridgehead atoms. The molecule has 0 saturated carbocycles. The van der Waals surface area contributed by atoms with Crippen molar-refractivity contribution in [3.05, 3.63) is 60.2 Å². The molecule has 2 aromatic carbocycles. The zero-order valence-corrected chi connectivity index (χ0v) is 13.8. The minimum absolute atomic E-state index is 0.181. The van der Waals surface area contributed by atoms with Crippen LogP contribution in [0.5, 0.6) is 5.75 Å². The largest absolute Gasteiger partial charge is 0.491 e. The number of hydrogen-bond acceptors (Lipinski definition) is 3. The van der Waals surface area contributed by atoms with Gasteiger partial charge >= 0.3 is 0 Å². The number of para-hydroxylation sites is 1. The van der Waals surface area contributed by atoms with E-state index >= 15 is 0 Å². The number of nitrogens with one attached hydrogen (secondary N) is 1. The van der Waals surface area contributed by atoms with Gasteiger partial charge in [0.05, 0.1) is 11.6 Å². The quantitative estimate of drug-likeness (QED) is 0.692. The molecule has 1 N–H and O–H groups in total. The molecule has 0 atom stereocenters. The molecule has 0 radical (unpaired) electrons. The third kappa shape index (κ3) is 3.62. The van der Waals surface area contributed by atoms with Gasteiger partial charge in [0.2, 0.25) is 0 Å². The average Bonchev–Trinajstić information content (AvgIpc) is 2.55. The van der Waals surface area contributed by atoms with Gasteiger partial charge in [-0.1, -0.05) is 25.1 Å². The number of fused-ring (bicyclic) bond motifs is 1. The number of aryl methyl sites for hydroxylation is 1. The molecule has 0 saturated heterocycles. The first-order valence-electron chi connectivity index (χ1n) is 8.08. The zero-order chi connectivity index (χ0) is 16.2. The van der Waals surface area contributed by atoms with Crippen LogP contribution in [-0.4, -0.2) is 11.1 Å². The van der Waals surface area contributed by atoms with Crippen LogP contribution >= 0.6 is 0 Å². The van der Waals surface area contributed by atoms with Crippen molar-refractivity contribution < 1.29 is 4.74 Å². The minimum Gasteiger partial charge on any atom is -0.491 e. The third-order valence-corrected chi connectivity index (χ3v) is 3.69. The van der Waals surface area contributed by atoms with Crippen molar-refractivity contribution in [1.29, 1.82) is 0 Å². The van der Waals surface area contributed by atoms with E-state index in [0.717, 1.165) is 34.6 Å². The monoisotopic (exact) mass is 306 g/mol. The molecule has 0 unspecified atom stereocenters. The van der Waals surface area contributed by atoms with Crippen LogP contribution in [0.4, 0.5) is 11.5 Å². The Bertz CT molecular complexity index is 812. The second-order valence-corrected chi connectivity index (χ2v) is 5.85. The maximum Gasteiger partial charge on any atom is 0.131 e. The van der Waals surface area contributed by atoms with Gasteiger partial charge < -0.3 is 10.1 Å². The number of pyridine rings is 1. The predicted molar refractivity (Wildman–Crippen MR) is 96.6 cm³/mol. The van der Waals surface area contributed by atoms with E-state index < -0.39 is 0 Å². The van der Waals surface area contributed by atoms with Gasteiger partial charge in [0.15, 0.2) is 0 Å². The van der Waals surface area contributed by atoms with Gasteiger partial charge in [-0.3, -0.25) is 0 Å². The SMILES string of the molecule is CCc1cc(OC(C)C)ccc1Nc1ccc2ccccc2n1. The van der Waals surface area contributed by atoms with Crippen molar-refractivity contribution in [3.8, 4) is 5.75 Å². The smallest absolute Gasteiger partial charge is 0.131 e. The summed E-state index contributed by atoms with van der Waals surface area (Å²) in [7, 11) is 0. The fourth-order valence-electron chi connectivity index (χ4n) is 2.60. The molecule has 3 nitrogen and oxygen atoms in total. The Balaban J connectivity index is 1.88. The highest BCUT2D eigenvalue weighted by Crippen LogP contribution is 2.26. The summed E-state index contributed by atoms with van der Waals surface area (Å²) in [5.41, 5.74) is 3.29. The van der Waals surface area contributed by atoms with Crippen LogP contribution in [0, 0.1) is 0 Å². The van der Waals surface area contributed by atoms with Gasteiger partial charge in [-0.25, -0.2) is 4.98 Å². The molecule has 3 aromatic rings. The number of ether oxygens (including phenoxy) is 1. The molecular weight excluding hydrogens is 284 g/mol. The van der Waals surface area contributed by atoms with Crippen molar-refractivity contribution in [3.63, 3.8) is 0 Å². The number of nitrogens with zero attached hydrogens (tertiary/aromatic N) is 1. The van der Waals surface area contributed by atoms with Crippen LogP contribution in [0.1, 0.15) is 26.3 Å². The average molecular weight is 306 g/mol. The van der Waals surface area contributed by atoms with E-state index in [1.807, 2.05) is 44.2 Å². The Morgan fingerprint density at radius 3 is 2.65 bits per heavy atom. The summed E-state index contributed by atoms with van der Waals surface area (Å²) >= 11 is 0. The van der Waals surface area contributed by atoms with Gasteiger partial charge in [-0.05, 0) is 62.2 Å². The predicted octanol–water partition coefficient (Wildman–Crippen LogP) is 5.33. The first-order valence-corrected chi connectivity index (χ1v) is 8.08. The summed E-state index contributed by atoms with van der Waals surface area (Å²) in [4.78, 5) is 4.67. The molecule has 0 aliphatic rings. The molecule has 0 aliphatic heterocycles. The van der Waals surface area contributed by atoms with E-state index in [4.69, 9.17) is 4.74 Å². The standard InChI is InChI=1S/C20H22N2O/c1-4-15-13-17(23-14(2)3)10-11-19(15)22-20-12-9-16-7-5-6-8-18(16)21-20/h5-14H,4H2,1-3H3,(H,21,22). The van der Waals surface area contributed by atoms with E-state index in [-0.39, 0.29) is 6.10 Å². The van der Waals surface area contributed by atoms with Crippen LogP contribution in [0.15, 0.2) is 54.6 Å². The van der Waals surface area contributed by atoms with E-state index in [0.29, 0.717) is 0 Å². The highest BCUT2D eigenvalue weighted by Gasteiger charge is 2.06. The van der Waals surface area contributed by atoms with Gasteiger partial charge in [0.1, 0.15) is 11.6 Å². The van der Waals surface area contributed by atoms with Crippen LogP contribution < -0.4 is 10.1 Å². The lowest BCUT2D eigenvalue weighted by molar-refractivity contribution is 0.242. The van der Waals surface area contributed by atoms with Crippen molar-refractivity contribution >= 4 is 22.4 Å². The molecule has 0 spiro atoms. The third-order valence-electron chi connectivity index (χ3n) is 3.69. The van der Waals surface area contributed by atoms with Crippen LogP contribution in [0.25, 0.3) is 10.9 Å². The number of hydrogen-bond donors (Lipinski definition) is 1. The Kier molecular flexibility index (Phi) is 4.47. The molecule has 118 valence electrons. The Labute approximate surface area is 137 Å². The molecule has 0 aliphatic carbocycles. The van der Waals surface area contributed by atoms with Crippen LogP contribution in [-0.2, 0) is 6.42 Å². The second-order valence-electron chi connectivity index (χ2n) is 5.85. The number of anilines is 2. The van der Waals surface area contributed by atoms with Crippen molar-refractivity contribution in [2.45, 2.75) is 33.3 Å². The maximum absolute atomic E-state index is 5.78. The van der Waals surface area contributed by atoms with Crippen LogP contribution in [0.2, 0.25) is 0 Å². The molecule has 1 heterocycles. The lowest BCUT2D eigenvalue weighted by Crippen LogP contribution is -2.06. The van der Waals surface area contributed by atoms with Gasteiger partial charge in [0, 0.05) is 11.1 Å². The van der Waals surface area contributed by atoms with E-state index in [2.05, 4.69) is 41.5 Å². The summed E-state index contributed by atoms with van der Waals surface area (Å²) in [6.07, 6.45) is 1.12. The van der Waals surface area contributed by atoms with Gasteiger partial charge in [-0.2, -0.15) is 0 Å². The van der Waals surface area contributed by atoms with Crippen LogP contribution in [0.3, 0.4) is 0 Å². The summed E-state index contributed by atoms with van der Waals surface area (Å²) < 4.78 is 5.78. The summed E-state index contributed by atoms with van der Waals surface area (Å²) in [5, 5.41) is 4.58. The topological polar surface area (TPSA) is 34.1 Å². The highest BCUT2D eigenvalue weighted by atomic mass is 16.5. The Morgan fingerprint density at radius 1 is 1.04 bits per heavy atom. The summed E-state index contributed by atoms with van der Waals surface area (Å²) in [6.45, 7) is 6.22. The van der Waals surface area contributed by atoms with E-state index in [9.17, 15) is 0 Å². The maximum atomic E-state index is 5.78. The lowest BCUT2D eigenvalue weighted by Gasteiger charge is -2.15. The number of aromatic nitrogens is 1. The normalized spacial score (nSPS) is 11.0. The number of benzene rings is 2. The fraction of sp³-hybridized carbons (Fsp3) is 0.250. The van der Waals surface area contributed by atoms with Gasteiger partial charge in [0.25, 0.3) is 0 Å². The molecule has 0 fully saturated rings. The van der Waals surface area contributed by atoms with Crippen molar-refractivity contribution in [2.24, 2.45) is 0 Å². The van der Waals surface area contributed by atoms with E-state index in [1.165, 1.54) is 5.56 Å². The van der Waals surface area contributed by atoms with Gasteiger partial charge in [-0.15, -0.1) is 0 Å². The first-order chi connectivity index (χ1) is 11.2. The highest BCUT2D eigenvalue weighted by molar-refractivity contribution is 5.80. The molecule has 0 amide bonds. The molecule has 3 rings (SSSR count). The van der Waals surface area contributed by atoms with Crippen molar-refractivity contribution in [2.75, 3.05) is 5.32 Å². The van der Waals surface area contributed by atoms with Crippen molar-refractivity contribution in [1.82, 2.24) is 4.98 Å². The minimum atomic E-state index is 0.181. The molecule has 1 aromatic heterocycles. The summed E-state index contributed by atoms with van der Waals surface area (Å²) in [5.74, 6) is 1.77. The first kappa shape index (κ1) is 15.3. The van der Waals surface area contributed by atoms with E-state index in [1.54, 1.807) is 0 Å². The second kappa shape index (κ2) is 6.69. The zero-order valence-electron chi connectivity index (χ0n) is 13.8. The molecular formula is C20H22N2O. The Morgan fingerprint density at radius 2 is 1.87 bits per heavy atom. The number of rotatable bonds is 5. The summed E-state index contributed by atoms with van der Waals surface area (Å²) in [6, 6.07) is 18.4. The molecule has 23 heavy (non-hydrogen) atoms. The lowest BCUT2D eigenvalue weighted by atomic mass is 10.1. The fourth-order valence-corrected chi connectivity index (χ4v) is 2.60. The molecule has 3 heteroatoms. The Hall–Kier alpha value is -2.55.